The molecule has 2 atom stereocenters. The molecule has 0 radical (unpaired) electrons. The first-order valence-electron chi connectivity index (χ1n) is 8.19. The van der Waals surface area contributed by atoms with E-state index in [-0.39, 0.29) is 6.42 Å². The van der Waals surface area contributed by atoms with Gasteiger partial charge in [0.25, 0.3) is 0 Å². The third-order valence-corrected chi connectivity index (χ3v) is 5.53. The van der Waals surface area contributed by atoms with E-state index in [2.05, 4.69) is 30.9 Å². The minimum atomic E-state index is -0.974. The minimum absolute atomic E-state index is 0.161. The fourth-order valence-corrected chi connectivity index (χ4v) is 4.13. The quantitative estimate of drug-likeness (QED) is 0.643. The summed E-state index contributed by atoms with van der Waals surface area (Å²) in [5.74, 6) is -1.80. The highest BCUT2D eigenvalue weighted by Crippen LogP contribution is 2.34. The summed E-state index contributed by atoms with van der Waals surface area (Å²) in [6.07, 6.45) is 5.88. The van der Waals surface area contributed by atoms with E-state index in [0.717, 1.165) is 10.0 Å². The fourth-order valence-electron chi connectivity index (χ4n) is 3.38. The average Bonchev–Trinajstić information content (AvgIpc) is 3.01. The second-order valence-electron chi connectivity index (χ2n) is 6.46. The normalized spacial score (nSPS) is 20.0. The fraction of sp³-hybridized carbons (Fsp3) is 0.333. The molecule has 0 spiro atoms. The number of aromatic nitrogens is 2. The number of aliphatic carboxylic acids is 1. The van der Waals surface area contributed by atoms with Gasteiger partial charge in [0.05, 0.1) is 22.5 Å². The van der Waals surface area contributed by atoms with Crippen molar-refractivity contribution in [2.45, 2.75) is 32.2 Å². The zero-order chi connectivity index (χ0) is 19.1. The van der Waals surface area contributed by atoms with E-state index in [1.54, 1.807) is 31.4 Å². The number of hydrogen-bond donors (Lipinski definition) is 3. The molecular formula is C18H18BrN3O4. The van der Waals surface area contributed by atoms with Crippen LogP contribution in [0.4, 0.5) is 0 Å². The van der Waals surface area contributed by atoms with Crippen LogP contribution in [0.15, 0.2) is 37.3 Å². The van der Waals surface area contributed by atoms with Crippen molar-refractivity contribution in [1.29, 1.82) is 0 Å². The highest BCUT2D eigenvalue weighted by molar-refractivity contribution is 9.10. The number of halogens is 1. The maximum absolute atomic E-state index is 12.0. The third kappa shape index (κ3) is 3.05. The molecule has 1 aromatic carbocycles. The predicted octanol–water partition coefficient (Wildman–Crippen LogP) is 2.18. The number of allylic oxidation sites excluding steroid dienone is 1. The molecular weight excluding hydrogens is 402 g/mol. The lowest BCUT2D eigenvalue weighted by Gasteiger charge is -2.28. The van der Waals surface area contributed by atoms with Gasteiger partial charge < -0.3 is 15.1 Å². The molecule has 0 saturated heterocycles. The molecule has 0 fully saturated rings. The Bertz CT molecular complexity index is 1050. The van der Waals surface area contributed by atoms with Gasteiger partial charge in [-0.3, -0.25) is 19.4 Å². The van der Waals surface area contributed by atoms with Gasteiger partial charge in [-0.2, -0.15) is 0 Å². The van der Waals surface area contributed by atoms with E-state index in [4.69, 9.17) is 0 Å². The Morgan fingerprint density at radius 3 is 2.58 bits per heavy atom. The highest BCUT2D eigenvalue weighted by Gasteiger charge is 2.39. The van der Waals surface area contributed by atoms with E-state index < -0.39 is 28.5 Å². The Hall–Kier alpha value is -2.48. The predicted molar refractivity (Wildman–Crippen MR) is 103 cm³/mol. The molecule has 1 aromatic heterocycles. The summed E-state index contributed by atoms with van der Waals surface area (Å²) in [5, 5.41) is 9.81. The number of H-pyrrole nitrogens is 2. The van der Waals surface area contributed by atoms with Gasteiger partial charge in [0.1, 0.15) is 0 Å². The molecule has 2 unspecified atom stereocenters. The van der Waals surface area contributed by atoms with Gasteiger partial charge in [-0.05, 0) is 43.0 Å². The SMILES string of the molecule is CCc1c(Br)cc2[nH]c(=O)c(=O)[nH]c2c1CC(C(=O)O)C1(C)C=CC=N1. The lowest BCUT2D eigenvalue weighted by Crippen LogP contribution is -2.37. The second kappa shape index (κ2) is 6.68. The van der Waals surface area contributed by atoms with E-state index in [9.17, 15) is 19.5 Å². The van der Waals surface area contributed by atoms with Gasteiger partial charge in [-0.1, -0.05) is 28.9 Å². The van der Waals surface area contributed by atoms with Crippen LogP contribution in [0.2, 0.25) is 0 Å². The number of benzene rings is 1. The molecule has 0 saturated carbocycles. The number of nitrogens with zero attached hydrogens (tertiary/aromatic N) is 1. The van der Waals surface area contributed by atoms with E-state index in [0.29, 0.717) is 23.0 Å². The lowest BCUT2D eigenvalue weighted by molar-refractivity contribution is -0.143. The van der Waals surface area contributed by atoms with Crippen LogP contribution < -0.4 is 11.1 Å². The number of aromatic amines is 2. The summed E-state index contributed by atoms with van der Waals surface area (Å²) < 4.78 is 0.755. The molecule has 3 N–H and O–H groups in total. The Balaban J connectivity index is 2.25. The van der Waals surface area contributed by atoms with Crippen LogP contribution in [0.5, 0.6) is 0 Å². The van der Waals surface area contributed by atoms with Crippen LogP contribution >= 0.6 is 15.9 Å². The summed E-state index contributed by atoms with van der Waals surface area (Å²) in [4.78, 5) is 45.0. The largest absolute Gasteiger partial charge is 0.481 e. The first kappa shape index (κ1) is 18.3. The van der Waals surface area contributed by atoms with Crippen LogP contribution in [-0.4, -0.2) is 32.8 Å². The van der Waals surface area contributed by atoms with Gasteiger partial charge in [0, 0.05) is 10.7 Å². The van der Waals surface area contributed by atoms with Crippen molar-refractivity contribution in [3.63, 3.8) is 0 Å². The van der Waals surface area contributed by atoms with E-state index >= 15 is 0 Å². The number of carboxylic acid groups (broad SMARTS) is 1. The molecule has 2 heterocycles. The zero-order valence-electron chi connectivity index (χ0n) is 14.3. The maximum Gasteiger partial charge on any atom is 0.314 e. The Labute approximate surface area is 157 Å². The number of nitrogens with one attached hydrogen (secondary N) is 2. The van der Waals surface area contributed by atoms with Crippen LogP contribution in [0.1, 0.15) is 25.0 Å². The van der Waals surface area contributed by atoms with Gasteiger partial charge in [0.2, 0.25) is 0 Å². The third-order valence-electron chi connectivity index (χ3n) is 4.83. The number of rotatable bonds is 5. The summed E-state index contributed by atoms with van der Waals surface area (Å²) in [6, 6.07) is 1.72. The van der Waals surface area contributed by atoms with Crippen molar-refractivity contribution >= 4 is 39.1 Å². The smallest absolute Gasteiger partial charge is 0.314 e. The first-order valence-corrected chi connectivity index (χ1v) is 8.98. The number of hydrogen-bond acceptors (Lipinski definition) is 4. The van der Waals surface area contributed by atoms with E-state index in [1.807, 2.05) is 6.92 Å². The monoisotopic (exact) mass is 419 g/mol. The Morgan fingerprint density at radius 2 is 2.00 bits per heavy atom. The van der Waals surface area contributed by atoms with Gasteiger partial charge in [0.15, 0.2) is 0 Å². The summed E-state index contributed by atoms with van der Waals surface area (Å²) >= 11 is 3.49. The van der Waals surface area contributed by atoms with Crippen molar-refractivity contribution in [2.24, 2.45) is 10.9 Å². The minimum Gasteiger partial charge on any atom is -0.481 e. The Morgan fingerprint density at radius 1 is 1.31 bits per heavy atom. The van der Waals surface area contributed by atoms with Gasteiger partial charge in [-0.15, -0.1) is 0 Å². The standard InChI is InChI=1S/C18H18BrN3O4/c1-3-9-10(7-11(17(25)26)18(2)5-4-6-20-18)14-13(8-12(9)19)21-15(23)16(24)22-14/h4-6,8,11H,3,7H2,1-2H3,(H,21,23)(H,22,24)(H,25,26). The molecule has 136 valence electrons. The van der Waals surface area contributed by atoms with Crippen LogP contribution in [0.25, 0.3) is 11.0 Å². The van der Waals surface area contributed by atoms with Crippen LogP contribution in [-0.2, 0) is 17.6 Å². The summed E-state index contributed by atoms with van der Waals surface area (Å²) in [6.45, 7) is 3.71. The van der Waals surface area contributed by atoms with Crippen molar-refractivity contribution in [1.82, 2.24) is 9.97 Å². The van der Waals surface area contributed by atoms with Crippen molar-refractivity contribution < 1.29 is 9.90 Å². The molecule has 26 heavy (non-hydrogen) atoms. The van der Waals surface area contributed by atoms with Crippen molar-refractivity contribution in [2.75, 3.05) is 0 Å². The Kier molecular flexibility index (Phi) is 4.70. The molecule has 2 aromatic rings. The van der Waals surface area contributed by atoms with Crippen LogP contribution in [0.3, 0.4) is 0 Å². The summed E-state index contributed by atoms with van der Waals surface area (Å²) in [7, 11) is 0. The molecule has 3 rings (SSSR count). The van der Waals surface area contributed by atoms with Crippen molar-refractivity contribution in [3.05, 3.63) is 54.5 Å². The summed E-state index contributed by atoms with van der Waals surface area (Å²) in [5.41, 5.74) is 0.109. The molecule has 1 aliphatic heterocycles. The number of carboxylic acids is 1. The molecule has 0 aliphatic carbocycles. The number of carbonyl (C=O) groups is 1. The lowest BCUT2D eigenvalue weighted by atomic mass is 9.80. The van der Waals surface area contributed by atoms with Crippen LogP contribution in [0, 0.1) is 5.92 Å². The topological polar surface area (TPSA) is 115 Å². The zero-order valence-corrected chi connectivity index (χ0v) is 15.9. The highest BCUT2D eigenvalue weighted by atomic mass is 79.9. The first-order chi connectivity index (χ1) is 12.3. The molecule has 1 aliphatic rings. The number of aliphatic imine (C=N–C) groups is 1. The molecule has 7 nitrogen and oxygen atoms in total. The molecule has 0 bridgehead atoms. The average molecular weight is 420 g/mol. The maximum atomic E-state index is 12.0. The second-order valence-corrected chi connectivity index (χ2v) is 7.31. The van der Waals surface area contributed by atoms with Crippen molar-refractivity contribution in [3.8, 4) is 0 Å². The molecule has 0 amide bonds. The van der Waals surface area contributed by atoms with Gasteiger partial charge in [-0.25, -0.2) is 0 Å². The van der Waals surface area contributed by atoms with E-state index in [1.165, 1.54) is 0 Å². The van der Waals surface area contributed by atoms with Gasteiger partial charge >= 0.3 is 17.1 Å². The molecule has 8 heteroatoms. The number of fused-ring (bicyclic) bond motifs is 1.